The number of alkyl halides is 1. The number of hydrogen-bond acceptors (Lipinski definition) is 2. The lowest BCUT2D eigenvalue weighted by atomic mass is 10.5. The molecule has 7 heteroatoms. The summed E-state index contributed by atoms with van der Waals surface area (Å²) in [5.41, 5.74) is 5.05. The molecule has 0 aliphatic carbocycles. The van der Waals surface area contributed by atoms with Crippen LogP contribution in [0.4, 0.5) is 0 Å². The highest BCUT2D eigenvalue weighted by Crippen LogP contribution is 2.25. The highest BCUT2D eigenvalue weighted by molar-refractivity contribution is 7.45. The molecule has 0 aromatic rings. The Morgan fingerprint density at radius 1 is 1.40 bits per heavy atom. The van der Waals surface area contributed by atoms with Crippen molar-refractivity contribution in [2.24, 2.45) is 5.73 Å². The Kier molecular flexibility index (Phi) is 9.70. The van der Waals surface area contributed by atoms with Crippen LogP contribution >= 0.6 is 19.4 Å². The minimum atomic E-state index is -4.64. The molecular weight excluding hydrogens is 180 g/mol. The van der Waals surface area contributed by atoms with Crippen LogP contribution in [-0.4, -0.2) is 27.1 Å². The van der Waals surface area contributed by atoms with Gasteiger partial charge in [-0.2, -0.15) is 0 Å². The van der Waals surface area contributed by atoms with Crippen molar-refractivity contribution in [2.75, 3.05) is 12.4 Å². The van der Waals surface area contributed by atoms with Crippen LogP contribution in [0.3, 0.4) is 0 Å². The van der Waals surface area contributed by atoms with E-state index in [1.807, 2.05) is 0 Å². The Hall–Kier alpha value is 0.360. The molecule has 0 aromatic carbocycles. The van der Waals surface area contributed by atoms with E-state index in [-0.39, 0.29) is 0 Å². The molecule has 0 aromatic heterocycles. The largest absolute Gasteiger partial charge is 0.466 e. The molecule has 10 heavy (non-hydrogen) atoms. The molecule has 64 valence electrons. The first-order chi connectivity index (χ1) is 4.41. The maximum absolute atomic E-state index is 8.88. The van der Waals surface area contributed by atoms with Crippen molar-refractivity contribution >= 4 is 19.4 Å². The lowest BCUT2D eigenvalue weighted by Crippen LogP contribution is -1.97. The Morgan fingerprint density at radius 2 is 1.70 bits per heavy atom. The molecule has 0 aliphatic heterocycles. The number of hydrogen-bond donors (Lipinski definition) is 4. The minimum Gasteiger partial charge on any atom is -0.330 e. The van der Waals surface area contributed by atoms with Gasteiger partial charge >= 0.3 is 7.82 Å². The summed E-state index contributed by atoms with van der Waals surface area (Å²) in [6.45, 7) is 0.712. The molecule has 0 aliphatic rings. The Labute approximate surface area is 64.1 Å². The minimum absolute atomic E-state index is 0.691. The van der Waals surface area contributed by atoms with E-state index in [4.69, 9.17) is 36.6 Å². The molecule has 5 N–H and O–H groups in total. The summed E-state index contributed by atoms with van der Waals surface area (Å²) in [6, 6.07) is 0. The van der Waals surface area contributed by atoms with Crippen LogP contribution in [0.1, 0.15) is 6.42 Å². The number of rotatable bonds is 2. The maximum atomic E-state index is 8.88. The van der Waals surface area contributed by atoms with Gasteiger partial charge in [-0.15, -0.1) is 11.6 Å². The van der Waals surface area contributed by atoms with E-state index in [2.05, 4.69) is 0 Å². The first kappa shape index (κ1) is 13.0. The molecule has 0 heterocycles. The average molecular weight is 192 g/mol. The van der Waals surface area contributed by atoms with E-state index in [0.29, 0.717) is 12.4 Å². The van der Waals surface area contributed by atoms with Crippen LogP contribution in [-0.2, 0) is 4.57 Å². The van der Waals surface area contributed by atoms with Gasteiger partial charge in [-0.05, 0) is 13.0 Å². The maximum Gasteiger partial charge on any atom is 0.466 e. The second-order valence-corrected chi connectivity index (χ2v) is 2.75. The zero-order valence-electron chi connectivity index (χ0n) is 5.27. The highest BCUT2D eigenvalue weighted by atomic mass is 35.5. The molecule has 0 spiro atoms. The van der Waals surface area contributed by atoms with Gasteiger partial charge in [0.25, 0.3) is 0 Å². The van der Waals surface area contributed by atoms with Crippen molar-refractivity contribution in [3.8, 4) is 0 Å². The van der Waals surface area contributed by atoms with Crippen LogP contribution in [0.5, 0.6) is 0 Å². The fourth-order valence-electron chi connectivity index (χ4n) is 0.0772. The normalized spacial score (nSPS) is 10.1. The molecule has 0 radical (unpaired) electrons. The van der Waals surface area contributed by atoms with E-state index in [0.717, 1.165) is 6.42 Å². The SMILES string of the molecule is NCCCCl.O=P(O)(O)O. The first-order valence-corrected chi connectivity index (χ1v) is 4.56. The van der Waals surface area contributed by atoms with Crippen molar-refractivity contribution < 1.29 is 19.2 Å². The zero-order valence-corrected chi connectivity index (χ0v) is 6.92. The molecule has 0 unspecified atom stereocenters. The third kappa shape index (κ3) is 81.3. The molecular formula is C3H11ClNO4P. The van der Waals surface area contributed by atoms with Gasteiger partial charge in [-0.3, -0.25) is 0 Å². The monoisotopic (exact) mass is 191 g/mol. The predicted octanol–water partition coefficient (Wildman–Crippen LogP) is -0.355. The van der Waals surface area contributed by atoms with E-state index in [1.165, 1.54) is 0 Å². The van der Waals surface area contributed by atoms with Crippen LogP contribution in [0.25, 0.3) is 0 Å². The van der Waals surface area contributed by atoms with Gasteiger partial charge in [-0.1, -0.05) is 0 Å². The third-order valence-corrected chi connectivity index (χ3v) is 0.605. The summed E-state index contributed by atoms with van der Waals surface area (Å²) in [5, 5.41) is 0. The molecule has 0 bridgehead atoms. The van der Waals surface area contributed by atoms with Crippen molar-refractivity contribution in [1.29, 1.82) is 0 Å². The highest BCUT2D eigenvalue weighted by Gasteiger charge is 2.00. The Balaban J connectivity index is 0. The molecule has 5 nitrogen and oxygen atoms in total. The quantitative estimate of drug-likeness (QED) is 0.353. The van der Waals surface area contributed by atoms with Gasteiger partial charge in [-0.25, -0.2) is 4.57 Å². The van der Waals surface area contributed by atoms with Gasteiger partial charge in [0.15, 0.2) is 0 Å². The van der Waals surface area contributed by atoms with Gasteiger partial charge in [0, 0.05) is 5.88 Å². The number of halogens is 1. The fraction of sp³-hybridized carbons (Fsp3) is 1.00. The smallest absolute Gasteiger partial charge is 0.330 e. The average Bonchev–Trinajstić information content (AvgIpc) is 1.63. The van der Waals surface area contributed by atoms with Crippen molar-refractivity contribution in [3.63, 3.8) is 0 Å². The van der Waals surface area contributed by atoms with Crippen LogP contribution in [0, 0.1) is 0 Å². The molecule has 0 saturated heterocycles. The zero-order chi connectivity index (χ0) is 8.62. The molecule has 0 atom stereocenters. The van der Waals surface area contributed by atoms with Gasteiger partial charge in [0.1, 0.15) is 0 Å². The lowest BCUT2D eigenvalue weighted by molar-refractivity contribution is 0.275. The summed E-state index contributed by atoms with van der Waals surface area (Å²) < 4.78 is 8.88. The second kappa shape index (κ2) is 7.47. The first-order valence-electron chi connectivity index (χ1n) is 2.46. The van der Waals surface area contributed by atoms with Crippen molar-refractivity contribution in [2.45, 2.75) is 6.42 Å². The van der Waals surface area contributed by atoms with Gasteiger partial charge in [0.05, 0.1) is 0 Å². The van der Waals surface area contributed by atoms with E-state index in [1.54, 1.807) is 0 Å². The van der Waals surface area contributed by atoms with Crippen LogP contribution in [0.15, 0.2) is 0 Å². The summed E-state index contributed by atoms with van der Waals surface area (Å²) in [7, 11) is -4.64. The fourth-order valence-corrected chi connectivity index (χ4v) is 0.231. The molecule has 0 saturated carbocycles. The summed E-state index contributed by atoms with van der Waals surface area (Å²) in [4.78, 5) is 21.6. The van der Waals surface area contributed by atoms with E-state index >= 15 is 0 Å². The van der Waals surface area contributed by atoms with Crippen LogP contribution in [0.2, 0.25) is 0 Å². The Bertz CT molecular complexity index is 94.4. The van der Waals surface area contributed by atoms with Crippen LogP contribution < -0.4 is 5.73 Å². The number of nitrogens with two attached hydrogens (primary N) is 1. The summed E-state index contributed by atoms with van der Waals surface area (Å²) >= 11 is 5.22. The van der Waals surface area contributed by atoms with Crippen molar-refractivity contribution in [3.05, 3.63) is 0 Å². The topological polar surface area (TPSA) is 104 Å². The standard InChI is InChI=1S/C3H8ClN.H3O4P/c4-2-1-3-5;1-5(2,3)4/h1-3,5H2;(H3,1,2,3,4). The summed E-state index contributed by atoms with van der Waals surface area (Å²) in [6.07, 6.45) is 0.932. The van der Waals surface area contributed by atoms with E-state index in [9.17, 15) is 0 Å². The molecule has 0 fully saturated rings. The second-order valence-electron chi connectivity index (χ2n) is 1.34. The van der Waals surface area contributed by atoms with Gasteiger partial charge < -0.3 is 20.4 Å². The number of phosphoric acid groups is 1. The van der Waals surface area contributed by atoms with Crippen molar-refractivity contribution in [1.82, 2.24) is 0 Å². The predicted molar refractivity (Wildman–Crippen MR) is 38.7 cm³/mol. The van der Waals surface area contributed by atoms with Gasteiger partial charge in [0.2, 0.25) is 0 Å². The molecule has 0 rings (SSSR count). The van der Waals surface area contributed by atoms with E-state index < -0.39 is 7.82 Å². The summed E-state index contributed by atoms with van der Waals surface area (Å²) in [5.74, 6) is 0.691. The lowest BCUT2D eigenvalue weighted by Gasteiger charge is -1.82. The Morgan fingerprint density at radius 3 is 1.70 bits per heavy atom. The molecule has 0 amide bonds. The third-order valence-electron chi connectivity index (χ3n) is 0.338.